The Morgan fingerprint density at radius 2 is 1.67 bits per heavy atom. The molecule has 3 heterocycles. The largest absolute Gasteiger partial charge is 0.414 e. The van der Waals surface area contributed by atoms with E-state index in [1.807, 2.05) is 37.9 Å². The summed E-state index contributed by atoms with van der Waals surface area (Å²) in [5.74, 6) is -4.46. The van der Waals surface area contributed by atoms with Gasteiger partial charge < -0.3 is 19.9 Å². The van der Waals surface area contributed by atoms with Crippen molar-refractivity contribution in [2.75, 3.05) is 61.6 Å². The highest BCUT2D eigenvalue weighted by Gasteiger charge is 2.43. The van der Waals surface area contributed by atoms with Gasteiger partial charge in [0.15, 0.2) is 0 Å². The zero-order valence-corrected chi connectivity index (χ0v) is 23.6. The number of morpholine rings is 1. The maximum absolute atomic E-state index is 15.8. The van der Waals surface area contributed by atoms with Crippen LogP contribution in [0.3, 0.4) is 0 Å². The van der Waals surface area contributed by atoms with Crippen molar-refractivity contribution in [3.63, 3.8) is 0 Å². The lowest BCUT2D eigenvalue weighted by atomic mass is 9.95. The number of alkyl halides is 3. The summed E-state index contributed by atoms with van der Waals surface area (Å²) in [6.45, 7) is 7.81. The Labute approximate surface area is 241 Å². The van der Waals surface area contributed by atoms with Gasteiger partial charge in [0.2, 0.25) is 5.91 Å². The van der Waals surface area contributed by atoms with Gasteiger partial charge in [0.05, 0.1) is 30.2 Å². The van der Waals surface area contributed by atoms with Crippen LogP contribution >= 0.6 is 0 Å². The van der Waals surface area contributed by atoms with Gasteiger partial charge in [-0.1, -0.05) is 12.1 Å². The fourth-order valence-corrected chi connectivity index (χ4v) is 5.59. The number of hydrogen-bond acceptors (Lipinski definition) is 6. The number of nitrogens with one attached hydrogen (secondary N) is 1. The van der Waals surface area contributed by atoms with E-state index >= 15 is 4.39 Å². The van der Waals surface area contributed by atoms with E-state index in [0.29, 0.717) is 49.8 Å². The average molecular weight is 588 g/mol. The fraction of sp³-hybridized carbons (Fsp3) is 0.433. The maximum Gasteiger partial charge on any atom is 0.414 e. The molecule has 3 atom stereocenters. The van der Waals surface area contributed by atoms with E-state index < -0.39 is 35.3 Å². The van der Waals surface area contributed by atoms with E-state index in [1.54, 1.807) is 12.1 Å². The van der Waals surface area contributed by atoms with E-state index in [2.05, 4.69) is 20.1 Å². The Balaban J connectivity index is 1.51. The SMILES string of the molecule is C[C@@H]1CN(c2cc(F)c(-c3ccc(N4CCOCC4)cc3)cc2NC(=O)C2C=NC(=O)C=C2C(F)(F)F)C[C@H](C)N1C. The highest BCUT2D eigenvalue weighted by Crippen LogP contribution is 2.38. The number of hydrogen-bond donors (Lipinski definition) is 1. The quantitative estimate of drug-likeness (QED) is 0.519. The molecular formula is C30H33F4N5O3. The third-order valence-electron chi connectivity index (χ3n) is 8.17. The first-order valence-electron chi connectivity index (χ1n) is 13.8. The molecule has 0 spiro atoms. The van der Waals surface area contributed by atoms with Crippen molar-refractivity contribution < 1.29 is 31.9 Å². The molecule has 5 rings (SSSR count). The van der Waals surface area contributed by atoms with Crippen molar-refractivity contribution in [3.05, 3.63) is 53.9 Å². The third kappa shape index (κ3) is 6.19. The van der Waals surface area contributed by atoms with Crippen LogP contribution in [0.4, 0.5) is 34.6 Å². The number of ether oxygens (including phenoxy) is 1. The first-order valence-corrected chi connectivity index (χ1v) is 13.8. The Morgan fingerprint density at radius 1 is 1.02 bits per heavy atom. The number of halogens is 4. The van der Waals surface area contributed by atoms with Crippen LogP contribution < -0.4 is 15.1 Å². The van der Waals surface area contributed by atoms with Crippen LogP contribution in [0.1, 0.15) is 13.8 Å². The summed E-state index contributed by atoms with van der Waals surface area (Å²) in [4.78, 5) is 34.6. The molecule has 1 N–H and O–H groups in total. The van der Waals surface area contributed by atoms with E-state index in [1.165, 1.54) is 12.1 Å². The number of rotatable bonds is 5. The van der Waals surface area contributed by atoms with Crippen LogP contribution in [0.25, 0.3) is 11.1 Å². The van der Waals surface area contributed by atoms with Gasteiger partial charge in [-0.15, -0.1) is 0 Å². The zero-order valence-electron chi connectivity index (χ0n) is 23.6. The number of amides is 2. The van der Waals surface area contributed by atoms with Gasteiger partial charge in [-0.2, -0.15) is 13.2 Å². The molecule has 2 amide bonds. The summed E-state index contributed by atoms with van der Waals surface area (Å²) in [7, 11) is 1.99. The molecule has 2 aromatic carbocycles. The van der Waals surface area contributed by atoms with Gasteiger partial charge in [-0.3, -0.25) is 14.5 Å². The predicted molar refractivity (Wildman–Crippen MR) is 154 cm³/mol. The van der Waals surface area contributed by atoms with Gasteiger partial charge in [-0.05, 0) is 50.7 Å². The molecule has 42 heavy (non-hydrogen) atoms. The van der Waals surface area contributed by atoms with Crippen molar-refractivity contribution in [1.29, 1.82) is 0 Å². The highest BCUT2D eigenvalue weighted by molar-refractivity contribution is 6.11. The molecule has 0 aromatic heterocycles. The molecule has 2 saturated heterocycles. The van der Waals surface area contributed by atoms with E-state index in [9.17, 15) is 22.8 Å². The number of benzene rings is 2. The molecule has 0 saturated carbocycles. The van der Waals surface area contributed by atoms with E-state index in [0.717, 1.165) is 18.8 Å². The molecule has 12 heteroatoms. The normalized spacial score (nSPS) is 23.6. The number of carbonyl (C=O) groups excluding carboxylic acids is 2. The molecule has 2 aromatic rings. The van der Waals surface area contributed by atoms with Gasteiger partial charge in [0, 0.05) is 61.8 Å². The minimum absolute atomic E-state index is 0.101. The molecule has 224 valence electrons. The third-order valence-corrected chi connectivity index (χ3v) is 8.17. The van der Waals surface area contributed by atoms with Crippen LogP contribution in [0.2, 0.25) is 0 Å². The lowest BCUT2D eigenvalue weighted by molar-refractivity contribution is -0.124. The maximum atomic E-state index is 15.8. The Kier molecular flexibility index (Phi) is 8.38. The summed E-state index contributed by atoms with van der Waals surface area (Å²) < 4.78 is 62.3. The van der Waals surface area contributed by atoms with Crippen molar-refractivity contribution >= 4 is 35.1 Å². The number of likely N-dealkylation sites (N-methyl/N-ethyl adjacent to an activating group) is 1. The molecule has 0 bridgehead atoms. The minimum atomic E-state index is -4.91. The van der Waals surface area contributed by atoms with Crippen LogP contribution in [0.5, 0.6) is 0 Å². The number of aliphatic imine (C=N–C) groups is 1. The van der Waals surface area contributed by atoms with Crippen LogP contribution in [0.15, 0.2) is 53.0 Å². The smallest absolute Gasteiger partial charge is 0.378 e. The van der Waals surface area contributed by atoms with Crippen molar-refractivity contribution in [1.82, 2.24) is 4.90 Å². The Morgan fingerprint density at radius 3 is 2.29 bits per heavy atom. The standard InChI is InChI=1S/C30H33F4N5O3/c1-18-16-39(17-19(2)37(18)3)27-14-25(31)22(20-4-6-21(7-5-20)38-8-10-42-11-9-38)12-26(27)36-29(41)23-15-35-28(40)13-24(23)30(32,33)34/h4-7,12-15,18-19,23H,8-11,16-17H2,1-3H3,(H,36,41)/t18-,19+,23?. The lowest BCUT2D eigenvalue weighted by Crippen LogP contribution is -2.55. The molecule has 0 radical (unpaired) electrons. The summed E-state index contributed by atoms with van der Waals surface area (Å²) in [5, 5.41) is 2.61. The molecule has 0 aliphatic carbocycles. The van der Waals surface area contributed by atoms with Gasteiger partial charge in [0.1, 0.15) is 11.7 Å². The Bertz CT molecular complexity index is 1390. The fourth-order valence-electron chi connectivity index (χ4n) is 5.59. The summed E-state index contributed by atoms with van der Waals surface area (Å²) >= 11 is 0. The average Bonchev–Trinajstić information content (AvgIpc) is 2.96. The number of carbonyl (C=O) groups is 2. The van der Waals surface area contributed by atoms with Crippen LogP contribution in [0, 0.1) is 11.7 Å². The van der Waals surface area contributed by atoms with E-state index in [-0.39, 0.29) is 23.3 Å². The van der Waals surface area contributed by atoms with Crippen molar-refractivity contribution in [2.45, 2.75) is 32.1 Å². The molecule has 8 nitrogen and oxygen atoms in total. The first kappa shape index (κ1) is 29.7. The topological polar surface area (TPSA) is 77.5 Å². The second-order valence-electron chi connectivity index (χ2n) is 10.9. The monoisotopic (exact) mass is 587 g/mol. The van der Waals surface area contributed by atoms with Gasteiger partial charge in [0.25, 0.3) is 5.91 Å². The Hall–Kier alpha value is -3.77. The van der Waals surface area contributed by atoms with Crippen molar-refractivity contribution in [2.24, 2.45) is 10.9 Å². The summed E-state index contributed by atoms with van der Waals surface area (Å²) in [6, 6.07) is 10.3. The van der Waals surface area contributed by atoms with Crippen LogP contribution in [-0.2, 0) is 14.3 Å². The number of nitrogens with zero attached hydrogens (tertiary/aromatic N) is 4. The number of anilines is 3. The zero-order chi connectivity index (χ0) is 30.2. The second-order valence-corrected chi connectivity index (χ2v) is 10.9. The van der Waals surface area contributed by atoms with Crippen molar-refractivity contribution in [3.8, 4) is 11.1 Å². The van der Waals surface area contributed by atoms with Crippen LogP contribution in [-0.4, -0.2) is 87.6 Å². The highest BCUT2D eigenvalue weighted by atomic mass is 19.4. The number of piperazine rings is 1. The molecule has 3 aliphatic rings. The van der Waals surface area contributed by atoms with E-state index in [4.69, 9.17) is 4.74 Å². The van der Waals surface area contributed by atoms with Gasteiger partial charge in [-0.25, -0.2) is 9.38 Å². The lowest BCUT2D eigenvalue weighted by Gasteiger charge is -2.44. The molecular weight excluding hydrogens is 554 g/mol. The molecule has 2 fully saturated rings. The molecule has 3 aliphatic heterocycles. The summed E-state index contributed by atoms with van der Waals surface area (Å²) in [6.07, 6.45) is -3.87. The number of dihydropyridines is 1. The molecule has 1 unspecified atom stereocenters. The first-order chi connectivity index (χ1) is 19.9. The predicted octanol–water partition coefficient (Wildman–Crippen LogP) is 4.51. The summed E-state index contributed by atoms with van der Waals surface area (Å²) in [5.41, 5.74) is 0.937. The van der Waals surface area contributed by atoms with Gasteiger partial charge >= 0.3 is 6.18 Å². The second kappa shape index (κ2) is 11.8. The minimum Gasteiger partial charge on any atom is -0.378 e.